The van der Waals surface area contributed by atoms with Gasteiger partial charge < -0.3 is 9.47 Å². The fourth-order valence-electron chi connectivity index (χ4n) is 1.05. The maximum Gasteiger partial charge on any atom is 0.267 e. The van der Waals surface area contributed by atoms with Crippen LogP contribution in [-0.4, -0.2) is 30.3 Å². The Hall–Kier alpha value is -1.20. The van der Waals surface area contributed by atoms with E-state index in [0.29, 0.717) is 6.54 Å². The fraction of sp³-hybridized carbons (Fsp3) is 0.556. The molecule has 1 rings (SSSR count). The minimum Gasteiger partial charge on any atom is -0.354 e. The molecule has 5 heteroatoms. The molecule has 0 radical (unpaired) electrons. The van der Waals surface area contributed by atoms with E-state index in [-0.39, 0.29) is 5.56 Å². The van der Waals surface area contributed by atoms with Gasteiger partial charge in [-0.2, -0.15) is 5.10 Å². The Bertz CT molecular complexity index is 344. The van der Waals surface area contributed by atoms with Crippen LogP contribution in [0.5, 0.6) is 0 Å². The highest BCUT2D eigenvalue weighted by molar-refractivity contribution is 5.02. The summed E-state index contributed by atoms with van der Waals surface area (Å²) in [7, 11) is 3.04. The Balaban J connectivity index is 2.81. The lowest BCUT2D eigenvalue weighted by Crippen LogP contribution is -2.30. The van der Waals surface area contributed by atoms with Gasteiger partial charge in [-0.25, -0.2) is 4.68 Å². The third kappa shape index (κ3) is 2.65. The summed E-state index contributed by atoms with van der Waals surface area (Å²) in [6, 6.07) is 1.52. The molecule has 0 saturated heterocycles. The monoisotopic (exact) mass is 198 g/mol. The van der Waals surface area contributed by atoms with Crippen LogP contribution in [0.15, 0.2) is 17.1 Å². The van der Waals surface area contributed by atoms with Crippen molar-refractivity contribution in [2.45, 2.75) is 19.8 Å². The van der Waals surface area contributed by atoms with Crippen molar-refractivity contribution in [3.8, 4) is 0 Å². The molecule has 5 nitrogen and oxygen atoms in total. The SMILES string of the molecule is COC(Cn1ncc(C)cc1=O)OC. The summed E-state index contributed by atoms with van der Waals surface area (Å²) in [5, 5.41) is 3.96. The van der Waals surface area contributed by atoms with E-state index in [1.807, 2.05) is 6.92 Å². The molecule has 0 aliphatic heterocycles. The third-order valence-corrected chi connectivity index (χ3v) is 1.85. The molecule has 0 aromatic carbocycles. The molecule has 0 spiro atoms. The van der Waals surface area contributed by atoms with Crippen molar-refractivity contribution in [2.75, 3.05) is 14.2 Å². The zero-order valence-electron chi connectivity index (χ0n) is 8.56. The van der Waals surface area contributed by atoms with Crippen LogP contribution in [0.25, 0.3) is 0 Å². The quantitative estimate of drug-likeness (QED) is 0.647. The van der Waals surface area contributed by atoms with Crippen molar-refractivity contribution in [1.82, 2.24) is 9.78 Å². The second kappa shape index (κ2) is 4.88. The summed E-state index contributed by atoms with van der Waals surface area (Å²) in [4.78, 5) is 11.4. The first-order valence-corrected chi connectivity index (χ1v) is 4.26. The molecule has 0 bridgehead atoms. The Kier molecular flexibility index (Phi) is 3.79. The van der Waals surface area contributed by atoms with Crippen molar-refractivity contribution in [1.29, 1.82) is 0 Å². The second-order valence-corrected chi connectivity index (χ2v) is 2.95. The summed E-state index contributed by atoms with van der Waals surface area (Å²) >= 11 is 0. The summed E-state index contributed by atoms with van der Waals surface area (Å²) in [5.41, 5.74) is 0.696. The zero-order valence-corrected chi connectivity index (χ0v) is 8.56. The minimum absolute atomic E-state index is 0.149. The van der Waals surface area contributed by atoms with Crippen molar-refractivity contribution in [3.63, 3.8) is 0 Å². The van der Waals surface area contributed by atoms with Crippen LogP contribution in [0.4, 0.5) is 0 Å². The van der Waals surface area contributed by atoms with Gasteiger partial charge in [0, 0.05) is 20.3 Å². The molecule has 1 heterocycles. The van der Waals surface area contributed by atoms with E-state index in [4.69, 9.17) is 9.47 Å². The van der Waals surface area contributed by atoms with Gasteiger partial charge >= 0.3 is 0 Å². The van der Waals surface area contributed by atoms with E-state index in [1.165, 1.54) is 25.0 Å². The minimum atomic E-state index is -0.442. The van der Waals surface area contributed by atoms with Gasteiger partial charge in [0.15, 0.2) is 6.29 Å². The Morgan fingerprint density at radius 1 is 1.50 bits per heavy atom. The van der Waals surface area contributed by atoms with Crippen LogP contribution in [0.2, 0.25) is 0 Å². The van der Waals surface area contributed by atoms with Gasteiger partial charge in [0.2, 0.25) is 0 Å². The van der Waals surface area contributed by atoms with E-state index in [1.54, 1.807) is 6.20 Å². The first-order chi connectivity index (χ1) is 6.67. The first-order valence-electron chi connectivity index (χ1n) is 4.26. The standard InChI is InChI=1S/C9H14N2O3/c1-7-4-8(12)11(10-5-7)6-9(13-2)14-3/h4-5,9H,6H2,1-3H3. The summed E-state index contributed by atoms with van der Waals surface area (Å²) in [6.45, 7) is 2.12. The average Bonchev–Trinajstić information content (AvgIpc) is 2.17. The fourth-order valence-corrected chi connectivity index (χ4v) is 1.05. The average molecular weight is 198 g/mol. The van der Waals surface area contributed by atoms with Gasteiger partial charge in [-0.1, -0.05) is 0 Å². The van der Waals surface area contributed by atoms with Crippen molar-refractivity contribution < 1.29 is 9.47 Å². The van der Waals surface area contributed by atoms with Gasteiger partial charge in [-0.15, -0.1) is 0 Å². The molecule has 0 saturated carbocycles. The highest BCUT2D eigenvalue weighted by atomic mass is 16.7. The van der Waals surface area contributed by atoms with Crippen LogP contribution < -0.4 is 5.56 Å². The van der Waals surface area contributed by atoms with Crippen LogP contribution in [-0.2, 0) is 16.0 Å². The molecule has 1 aromatic rings. The molecule has 0 fully saturated rings. The van der Waals surface area contributed by atoms with Gasteiger partial charge in [-0.3, -0.25) is 4.79 Å². The van der Waals surface area contributed by atoms with E-state index in [0.717, 1.165) is 5.56 Å². The van der Waals surface area contributed by atoms with Crippen LogP contribution >= 0.6 is 0 Å². The molecule has 1 aromatic heterocycles. The number of hydrogen-bond acceptors (Lipinski definition) is 4. The van der Waals surface area contributed by atoms with Gasteiger partial charge in [-0.05, 0) is 12.5 Å². The Labute approximate surface area is 82.3 Å². The van der Waals surface area contributed by atoms with Crippen LogP contribution in [0, 0.1) is 6.92 Å². The van der Waals surface area contributed by atoms with Crippen LogP contribution in [0.3, 0.4) is 0 Å². The Morgan fingerprint density at radius 2 is 2.14 bits per heavy atom. The van der Waals surface area contributed by atoms with Crippen LogP contribution in [0.1, 0.15) is 5.56 Å². The van der Waals surface area contributed by atoms with Crippen molar-refractivity contribution in [3.05, 3.63) is 28.2 Å². The highest BCUT2D eigenvalue weighted by Crippen LogP contribution is 1.94. The molecule has 0 aliphatic carbocycles. The zero-order chi connectivity index (χ0) is 10.6. The van der Waals surface area contributed by atoms with Crippen molar-refractivity contribution >= 4 is 0 Å². The van der Waals surface area contributed by atoms with E-state index >= 15 is 0 Å². The number of aromatic nitrogens is 2. The lowest BCUT2D eigenvalue weighted by Gasteiger charge is -2.13. The van der Waals surface area contributed by atoms with Gasteiger partial charge in [0.25, 0.3) is 5.56 Å². The maximum atomic E-state index is 11.4. The van der Waals surface area contributed by atoms with Gasteiger partial charge in [0.1, 0.15) is 0 Å². The van der Waals surface area contributed by atoms with E-state index in [9.17, 15) is 4.79 Å². The molecule has 0 N–H and O–H groups in total. The topological polar surface area (TPSA) is 53.4 Å². The first kappa shape index (κ1) is 10.9. The number of rotatable bonds is 4. The molecule has 0 unspecified atom stereocenters. The number of aryl methyl sites for hydroxylation is 1. The summed E-state index contributed by atoms with van der Waals surface area (Å²) < 4.78 is 11.2. The lowest BCUT2D eigenvalue weighted by atomic mass is 10.3. The molecule has 0 amide bonds. The van der Waals surface area contributed by atoms with E-state index < -0.39 is 6.29 Å². The predicted molar refractivity (Wildman–Crippen MR) is 51.0 cm³/mol. The molecular weight excluding hydrogens is 184 g/mol. The number of methoxy groups -OCH3 is 2. The van der Waals surface area contributed by atoms with Crippen molar-refractivity contribution in [2.24, 2.45) is 0 Å². The lowest BCUT2D eigenvalue weighted by molar-refractivity contribution is -0.113. The summed E-state index contributed by atoms with van der Waals surface area (Å²) in [5.74, 6) is 0. The summed E-state index contributed by atoms with van der Waals surface area (Å²) in [6.07, 6.45) is 1.19. The number of ether oxygens (including phenoxy) is 2. The van der Waals surface area contributed by atoms with E-state index in [2.05, 4.69) is 5.10 Å². The van der Waals surface area contributed by atoms with Gasteiger partial charge in [0.05, 0.1) is 12.7 Å². The number of nitrogens with zero attached hydrogens (tertiary/aromatic N) is 2. The third-order valence-electron chi connectivity index (χ3n) is 1.85. The normalized spacial score (nSPS) is 10.9. The molecule has 14 heavy (non-hydrogen) atoms. The highest BCUT2D eigenvalue weighted by Gasteiger charge is 2.07. The Morgan fingerprint density at radius 3 is 2.64 bits per heavy atom. The maximum absolute atomic E-state index is 11.4. The largest absolute Gasteiger partial charge is 0.354 e. The molecular formula is C9H14N2O3. The predicted octanol–water partition coefficient (Wildman–Crippen LogP) is 0.171. The smallest absolute Gasteiger partial charge is 0.267 e. The molecule has 0 aliphatic rings. The molecule has 78 valence electrons. The number of hydrogen-bond donors (Lipinski definition) is 0. The second-order valence-electron chi connectivity index (χ2n) is 2.95. The molecule has 0 atom stereocenters.